The molecule has 2 aromatic carbocycles. The fourth-order valence-corrected chi connectivity index (χ4v) is 2.74. The summed E-state index contributed by atoms with van der Waals surface area (Å²) in [5, 5.41) is 11.0. The van der Waals surface area contributed by atoms with Crippen molar-refractivity contribution in [1.82, 2.24) is 20.3 Å². The summed E-state index contributed by atoms with van der Waals surface area (Å²) in [5.74, 6) is 0.406. The summed E-state index contributed by atoms with van der Waals surface area (Å²) in [6.45, 7) is 4.07. The number of rotatable bonds is 3. The van der Waals surface area contributed by atoms with E-state index >= 15 is 0 Å². The van der Waals surface area contributed by atoms with E-state index in [9.17, 15) is 13.2 Å². The van der Waals surface area contributed by atoms with Gasteiger partial charge in [0.1, 0.15) is 5.69 Å². The van der Waals surface area contributed by atoms with Crippen molar-refractivity contribution in [2.24, 2.45) is 0 Å². The summed E-state index contributed by atoms with van der Waals surface area (Å²) in [6.07, 6.45) is -4.39. The molecule has 0 spiro atoms. The molecule has 0 aliphatic carbocycles. The van der Waals surface area contributed by atoms with Gasteiger partial charge in [-0.2, -0.15) is 23.3 Å². The van der Waals surface area contributed by atoms with E-state index < -0.39 is 11.7 Å². The van der Waals surface area contributed by atoms with Gasteiger partial charge in [0.05, 0.1) is 11.3 Å². The average Bonchev–Trinajstić information content (AvgIpc) is 3.32. The first-order chi connectivity index (χ1) is 13.3. The molecule has 0 amide bonds. The third kappa shape index (κ3) is 3.40. The predicted molar refractivity (Wildman–Crippen MR) is 97.2 cm³/mol. The van der Waals surface area contributed by atoms with Crippen molar-refractivity contribution in [3.63, 3.8) is 0 Å². The zero-order valence-corrected chi connectivity index (χ0v) is 15.0. The van der Waals surface area contributed by atoms with E-state index in [4.69, 9.17) is 4.52 Å². The van der Waals surface area contributed by atoms with E-state index in [1.807, 2.05) is 32.0 Å². The molecule has 5 nitrogen and oxygen atoms in total. The van der Waals surface area contributed by atoms with Gasteiger partial charge in [-0.05, 0) is 49.2 Å². The zero-order chi connectivity index (χ0) is 19.9. The number of hydrogen-bond acceptors (Lipinski definition) is 4. The Morgan fingerprint density at radius 1 is 0.893 bits per heavy atom. The highest BCUT2D eigenvalue weighted by molar-refractivity contribution is 5.66. The monoisotopic (exact) mass is 384 g/mol. The van der Waals surface area contributed by atoms with Gasteiger partial charge in [0.2, 0.25) is 5.82 Å². The highest BCUT2D eigenvalue weighted by Gasteiger charge is 2.30. The van der Waals surface area contributed by atoms with Crippen LogP contribution < -0.4 is 0 Å². The number of nitrogens with one attached hydrogen (secondary N) is 1. The molecule has 2 aromatic heterocycles. The van der Waals surface area contributed by atoms with Crippen LogP contribution in [0.15, 0.2) is 53.1 Å². The SMILES string of the molecule is Cc1ccc(-c2cc(-c3nc(-c4ccc(C(F)(F)F)cc4)no3)[nH]n2)cc1C. The number of hydrogen-bond donors (Lipinski definition) is 1. The Bertz CT molecular complexity index is 1130. The number of H-pyrrole nitrogens is 1. The molecule has 1 N–H and O–H groups in total. The first-order valence-corrected chi connectivity index (χ1v) is 8.46. The Balaban J connectivity index is 1.60. The second-order valence-electron chi connectivity index (χ2n) is 6.46. The lowest BCUT2D eigenvalue weighted by Crippen LogP contribution is -2.04. The predicted octanol–water partition coefficient (Wildman–Crippen LogP) is 5.43. The van der Waals surface area contributed by atoms with Gasteiger partial charge in [-0.15, -0.1) is 0 Å². The molecule has 8 heteroatoms. The summed E-state index contributed by atoms with van der Waals surface area (Å²) >= 11 is 0. The summed E-state index contributed by atoms with van der Waals surface area (Å²) in [7, 11) is 0. The van der Waals surface area contributed by atoms with E-state index in [0.29, 0.717) is 11.3 Å². The van der Waals surface area contributed by atoms with E-state index in [2.05, 4.69) is 20.3 Å². The number of alkyl halides is 3. The third-order valence-electron chi connectivity index (χ3n) is 4.51. The van der Waals surface area contributed by atoms with E-state index in [0.717, 1.165) is 29.0 Å². The van der Waals surface area contributed by atoms with Gasteiger partial charge in [0.15, 0.2) is 0 Å². The highest BCUT2D eigenvalue weighted by atomic mass is 19.4. The van der Waals surface area contributed by atoms with Crippen LogP contribution in [0.5, 0.6) is 0 Å². The van der Waals surface area contributed by atoms with Gasteiger partial charge >= 0.3 is 6.18 Å². The van der Waals surface area contributed by atoms with Gasteiger partial charge in [-0.25, -0.2) is 0 Å². The Kier molecular flexibility index (Phi) is 4.26. The number of aryl methyl sites for hydroxylation is 2. The van der Waals surface area contributed by atoms with Crippen molar-refractivity contribution in [2.45, 2.75) is 20.0 Å². The second-order valence-corrected chi connectivity index (χ2v) is 6.46. The van der Waals surface area contributed by atoms with Crippen molar-refractivity contribution < 1.29 is 17.7 Å². The maximum atomic E-state index is 12.7. The number of nitrogens with zero attached hydrogens (tertiary/aromatic N) is 3. The van der Waals surface area contributed by atoms with Crippen molar-refractivity contribution in [1.29, 1.82) is 0 Å². The van der Waals surface area contributed by atoms with Gasteiger partial charge in [-0.1, -0.05) is 29.4 Å². The average molecular weight is 384 g/mol. The van der Waals surface area contributed by atoms with Crippen LogP contribution in [0.4, 0.5) is 13.2 Å². The fourth-order valence-electron chi connectivity index (χ4n) is 2.74. The molecular weight excluding hydrogens is 369 g/mol. The molecule has 0 aliphatic heterocycles. The molecular formula is C20H15F3N4O. The Morgan fingerprint density at radius 3 is 2.29 bits per heavy atom. The molecule has 4 rings (SSSR count). The maximum absolute atomic E-state index is 12.7. The minimum Gasteiger partial charge on any atom is -0.332 e. The summed E-state index contributed by atoms with van der Waals surface area (Å²) in [6, 6.07) is 12.4. The molecule has 0 aliphatic rings. The first-order valence-electron chi connectivity index (χ1n) is 8.46. The van der Waals surface area contributed by atoms with Crippen LogP contribution >= 0.6 is 0 Å². The molecule has 142 valence electrons. The molecule has 0 unspecified atom stereocenters. The van der Waals surface area contributed by atoms with E-state index in [1.54, 1.807) is 6.07 Å². The fraction of sp³-hybridized carbons (Fsp3) is 0.150. The molecule has 28 heavy (non-hydrogen) atoms. The summed E-state index contributed by atoms with van der Waals surface area (Å²) in [4.78, 5) is 4.25. The molecule has 0 bridgehead atoms. The number of aromatic amines is 1. The van der Waals surface area contributed by atoms with Crippen molar-refractivity contribution in [3.05, 3.63) is 65.2 Å². The molecule has 0 saturated carbocycles. The molecule has 0 atom stereocenters. The number of benzene rings is 2. The Labute approximate surface area is 158 Å². The topological polar surface area (TPSA) is 67.6 Å². The van der Waals surface area contributed by atoms with Crippen LogP contribution in [-0.2, 0) is 6.18 Å². The highest BCUT2D eigenvalue weighted by Crippen LogP contribution is 2.31. The van der Waals surface area contributed by atoms with Gasteiger partial charge in [0.25, 0.3) is 5.89 Å². The van der Waals surface area contributed by atoms with Crippen molar-refractivity contribution >= 4 is 0 Å². The lowest BCUT2D eigenvalue weighted by Gasteiger charge is -2.05. The van der Waals surface area contributed by atoms with Crippen LogP contribution in [0.25, 0.3) is 34.2 Å². The van der Waals surface area contributed by atoms with Crippen LogP contribution in [0.1, 0.15) is 16.7 Å². The van der Waals surface area contributed by atoms with Gasteiger partial charge in [0, 0.05) is 11.1 Å². The lowest BCUT2D eigenvalue weighted by molar-refractivity contribution is -0.137. The second kappa shape index (κ2) is 6.63. The minimum absolute atomic E-state index is 0.200. The largest absolute Gasteiger partial charge is 0.416 e. The standard InChI is InChI=1S/C20H15F3N4O/c1-11-3-4-14(9-12(11)2)16-10-17(26-25-16)19-24-18(27-28-19)13-5-7-15(8-6-13)20(21,22)23/h3-10H,1-2H3,(H,25,26). The molecule has 0 radical (unpaired) electrons. The van der Waals surface area contributed by atoms with Crippen LogP contribution in [0.2, 0.25) is 0 Å². The number of aromatic nitrogens is 4. The molecule has 0 saturated heterocycles. The van der Waals surface area contributed by atoms with Gasteiger partial charge < -0.3 is 4.52 Å². The molecule has 0 fully saturated rings. The lowest BCUT2D eigenvalue weighted by atomic mass is 10.0. The third-order valence-corrected chi connectivity index (χ3v) is 4.51. The van der Waals surface area contributed by atoms with Crippen molar-refractivity contribution in [3.8, 4) is 34.2 Å². The normalized spacial score (nSPS) is 11.8. The molecule has 4 aromatic rings. The Morgan fingerprint density at radius 2 is 1.61 bits per heavy atom. The van der Waals surface area contributed by atoms with Gasteiger partial charge in [-0.3, -0.25) is 5.10 Å². The maximum Gasteiger partial charge on any atom is 0.416 e. The zero-order valence-electron chi connectivity index (χ0n) is 15.0. The van der Waals surface area contributed by atoms with E-state index in [-0.39, 0.29) is 11.7 Å². The Hall–Kier alpha value is -3.42. The first kappa shape index (κ1) is 18.0. The molecule has 2 heterocycles. The van der Waals surface area contributed by atoms with Crippen molar-refractivity contribution in [2.75, 3.05) is 0 Å². The number of halogens is 3. The van der Waals surface area contributed by atoms with E-state index in [1.165, 1.54) is 17.7 Å². The quantitative estimate of drug-likeness (QED) is 0.511. The summed E-state index contributed by atoms with van der Waals surface area (Å²) < 4.78 is 43.3. The summed E-state index contributed by atoms with van der Waals surface area (Å²) in [5.41, 5.74) is 4.25. The smallest absolute Gasteiger partial charge is 0.332 e. The van der Waals surface area contributed by atoms with Crippen LogP contribution in [-0.4, -0.2) is 20.3 Å². The minimum atomic E-state index is -4.39. The van der Waals surface area contributed by atoms with Crippen LogP contribution in [0.3, 0.4) is 0 Å². The van der Waals surface area contributed by atoms with Crippen LogP contribution in [0, 0.1) is 13.8 Å².